The zero-order valence-corrected chi connectivity index (χ0v) is 13.9. The number of esters is 1. The fourth-order valence-corrected chi connectivity index (χ4v) is 3.92. The molecule has 124 valence electrons. The first-order valence-corrected chi connectivity index (χ1v) is 8.66. The largest absolute Gasteiger partial charge is 0.444 e. The molecule has 7 nitrogen and oxygen atoms in total. The Balaban J connectivity index is 2.33. The third-order valence-electron chi connectivity index (χ3n) is 3.22. The predicted octanol–water partition coefficient (Wildman–Crippen LogP) is 1.43. The molecule has 1 aliphatic heterocycles. The summed E-state index contributed by atoms with van der Waals surface area (Å²) in [6.45, 7) is 2.47. The second-order valence-electron chi connectivity index (χ2n) is 4.84. The lowest BCUT2D eigenvalue weighted by Gasteiger charge is -2.26. The van der Waals surface area contributed by atoms with Crippen LogP contribution in [0.2, 0.25) is 5.02 Å². The number of nitrogens with zero attached hydrogens (tertiary/aromatic N) is 2. The number of nitriles is 1. The standard InChI is InChI=1S/C14H15ClN2O5S/c1-10(9-16)22-14(18)11-2-3-12(15)13(8-11)23(19,20)17-4-6-21-7-5-17/h2-3,8,10H,4-7H2,1H3/t10-/m1/s1. The monoisotopic (exact) mass is 358 g/mol. The molecule has 0 spiro atoms. The van der Waals surface area contributed by atoms with Crippen LogP contribution in [-0.2, 0) is 19.5 Å². The maximum Gasteiger partial charge on any atom is 0.339 e. The van der Waals surface area contributed by atoms with E-state index in [0.29, 0.717) is 13.2 Å². The second-order valence-corrected chi connectivity index (χ2v) is 7.15. The number of hydrogen-bond acceptors (Lipinski definition) is 6. The number of morpholine rings is 1. The van der Waals surface area contributed by atoms with E-state index in [0.717, 1.165) is 0 Å². The van der Waals surface area contributed by atoms with Crippen LogP contribution in [0, 0.1) is 11.3 Å². The van der Waals surface area contributed by atoms with E-state index in [-0.39, 0.29) is 28.6 Å². The molecule has 9 heteroatoms. The highest BCUT2D eigenvalue weighted by Crippen LogP contribution is 2.26. The molecule has 1 fully saturated rings. The third kappa shape index (κ3) is 4.00. The van der Waals surface area contributed by atoms with E-state index in [2.05, 4.69) is 0 Å². The average Bonchev–Trinajstić information content (AvgIpc) is 2.55. The van der Waals surface area contributed by atoms with E-state index >= 15 is 0 Å². The van der Waals surface area contributed by atoms with E-state index in [1.54, 1.807) is 6.07 Å². The molecule has 23 heavy (non-hydrogen) atoms. The van der Waals surface area contributed by atoms with Gasteiger partial charge in [0.1, 0.15) is 11.0 Å². The molecule has 0 aromatic heterocycles. The molecule has 1 aliphatic rings. The summed E-state index contributed by atoms with van der Waals surface area (Å²) < 4.78 is 36.5. The Labute approximate surface area is 139 Å². The van der Waals surface area contributed by atoms with Crippen molar-refractivity contribution in [3.8, 4) is 6.07 Å². The fourth-order valence-electron chi connectivity index (χ4n) is 2.01. The Hall–Kier alpha value is -1.66. The summed E-state index contributed by atoms with van der Waals surface area (Å²) in [5.41, 5.74) is 0.0170. The van der Waals surface area contributed by atoms with Crippen molar-refractivity contribution in [3.63, 3.8) is 0 Å². The lowest BCUT2D eigenvalue weighted by molar-refractivity contribution is 0.0435. The van der Waals surface area contributed by atoms with Gasteiger partial charge in [0.15, 0.2) is 6.10 Å². The molecule has 0 unspecified atom stereocenters. The van der Waals surface area contributed by atoms with Crippen molar-refractivity contribution >= 4 is 27.6 Å². The minimum absolute atomic E-state index is 0.0152. The van der Waals surface area contributed by atoms with Gasteiger partial charge in [-0.15, -0.1) is 0 Å². The highest BCUT2D eigenvalue weighted by Gasteiger charge is 2.29. The summed E-state index contributed by atoms with van der Waals surface area (Å²) in [5.74, 6) is -0.783. The van der Waals surface area contributed by atoms with Gasteiger partial charge < -0.3 is 9.47 Å². The van der Waals surface area contributed by atoms with Gasteiger partial charge in [-0.1, -0.05) is 11.6 Å². The SMILES string of the molecule is C[C@H](C#N)OC(=O)c1ccc(Cl)c(S(=O)(=O)N2CCOCC2)c1. The Kier molecular flexibility index (Phi) is 5.59. The zero-order valence-electron chi connectivity index (χ0n) is 12.4. The smallest absolute Gasteiger partial charge is 0.339 e. The number of hydrogen-bond donors (Lipinski definition) is 0. The molecule has 0 radical (unpaired) electrons. The summed E-state index contributed by atoms with van der Waals surface area (Å²) in [6, 6.07) is 5.61. The van der Waals surface area contributed by atoms with Gasteiger partial charge in [-0.3, -0.25) is 0 Å². The van der Waals surface area contributed by atoms with E-state index in [1.807, 2.05) is 0 Å². The van der Waals surface area contributed by atoms with Crippen molar-refractivity contribution in [1.82, 2.24) is 4.31 Å². The number of sulfonamides is 1. The number of rotatable bonds is 4. The second kappa shape index (κ2) is 7.27. The Morgan fingerprint density at radius 1 is 1.43 bits per heavy atom. The van der Waals surface area contributed by atoms with E-state index in [4.69, 9.17) is 26.3 Å². The minimum atomic E-state index is -3.83. The quantitative estimate of drug-likeness (QED) is 0.755. The van der Waals surface area contributed by atoms with Crippen molar-refractivity contribution in [2.45, 2.75) is 17.9 Å². The predicted molar refractivity (Wildman–Crippen MR) is 81.5 cm³/mol. The topological polar surface area (TPSA) is 96.7 Å². The van der Waals surface area contributed by atoms with Gasteiger partial charge >= 0.3 is 5.97 Å². The summed E-state index contributed by atoms with van der Waals surface area (Å²) in [6.07, 6.45) is -0.933. The summed E-state index contributed by atoms with van der Waals surface area (Å²) in [5, 5.41) is 8.68. The van der Waals surface area contributed by atoms with Gasteiger partial charge in [-0.05, 0) is 25.1 Å². The minimum Gasteiger partial charge on any atom is -0.444 e. The van der Waals surface area contributed by atoms with Crippen LogP contribution in [0.25, 0.3) is 0 Å². The molecule has 1 atom stereocenters. The molecule has 1 aromatic carbocycles. The molecule has 1 saturated heterocycles. The van der Waals surface area contributed by atoms with Gasteiger partial charge in [0, 0.05) is 13.1 Å². The van der Waals surface area contributed by atoms with Crippen LogP contribution in [0.4, 0.5) is 0 Å². The lowest BCUT2D eigenvalue weighted by atomic mass is 10.2. The highest BCUT2D eigenvalue weighted by atomic mass is 35.5. The van der Waals surface area contributed by atoms with Crippen LogP contribution in [0.15, 0.2) is 23.1 Å². The van der Waals surface area contributed by atoms with Crippen LogP contribution < -0.4 is 0 Å². The first-order chi connectivity index (χ1) is 10.9. The summed E-state index contributed by atoms with van der Waals surface area (Å²) in [4.78, 5) is 11.8. The molecule has 0 amide bonds. The Morgan fingerprint density at radius 2 is 2.09 bits per heavy atom. The normalized spacial score (nSPS) is 17.3. The van der Waals surface area contributed by atoms with Crippen molar-refractivity contribution in [2.75, 3.05) is 26.3 Å². The van der Waals surface area contributed by atoms with Crippen molar-refractivity contribution < 1.29 is 22.7 Å². The van der Waals surface area contributed by atoms with Gasteiger partial charge in [-0.25, -0.2) is 13.2 Å². The van der Waals surface area contributed by atoms with Crippen LogP contribution in [0.1, 0.15) is 17.3 Å². The Bertz CT molecular complexity index is 738. The number of benzene rings is 1. The van der Waals surface area contributed by atoms with Crippen LogP contribution in [0.5, 0.6) is 0 Å². The maximum absolute atomic E-state index is 12.6. The van der Waals surface area contributed by atoms with Crippen molar-refractivity contribution in [2.24, 2.45) is 0 Å². The summed E-state index contributed by atoms with van der Waals surface area (Å²) in [7, 11) is -3.83. The molecule has 1 aromatic rings. The maximum atomic E-state index is 12.6. The van der Waals surface area contributed by atoms with E-state index in [1.165, 1.54) is 29.4 Å². The third-order valence-corrected chi connectivity index (χ3v) is 5.60. The van der Waals surface area contributed by atoms with E-state index < -0.39 is 22.1 Å². The van der Waals surface area contributed by atoms with Crippen LogP contribution in [0.3, 0.4) is 0 Å². The molecule has 0 bridgehead atoms. The lowest BCUT2D eigenvalue weighted by Crippen LogP contribution is -2.40. The molecule has 0 saturated carbocycles. The molecule has 2 rings (SSSR count). The number of halogens is 1. The van der Waals surface area contributed by atoms with Crippen molar-refractivity contribution in [3.05, 3.63) is 28.8 Å². The van der Waals surface area contributed by atoms with Crippen molar-refractivity contribution in [1.29, 1.82) is 5.26 Å². The number of ether oxygens (including phenoxy) is 2. The zero-order chi connectivity index (χ0) is 17.0. The fraction of sp³-hybridized carbons (Fsp3) is 0.429. The van der Waals surface area contributed by atoms with Gasteiger partial charge in [0.2, 0.25) is 10.0 Å². The van der Waals surface area contributed by atoms with Gasteiger partial charge in [0.05, 0.1) is 23.8 Å². The number of carbonyl (C=O) groups excluding carboxylic acids is 1. The molecular formula is C14H15ClN2O5S. The summed E-state index contributed by atoms with van der Waals surface area (Å²) >= 11 is 6.00. The Morgan fingerprint density at radius 3 is 2.70 bits per heavy atom. The van der Waals surface area contributed by atoms with E-state index in [9.17, 15) is 13.2 Å². The molecule has 0 N–H and O–H groups in total. The van der Waals surface area contributed by atoms with Crippen LogP contribution in [-0.4, -0.2) is 51.1 Å². The first kappa shape index (κ1) is 17.7. The number of carbonyl (C=O) groups is 1. The van der Waals surface area contributed by atoms with Gasteiger partial charge in [0.25, 0.3) is 0 Å². The first-order valence-electron chi connectivity index (χ1n) is 6.84. The molecular weight excluding hydrogens is 344 g/mol. The molecule has 1 heterocycles. The average molecular weight is 359 g/mol. The van der Waals surface area contributed by atoms with Gasteiger partial charge in [-0.2, -0.15) is 9.57 Å². The molecule has 0 aliphatic carbocycles. The highest BCUT2D eigenvalue weighted by molar-refractivity contribution is 7.89. The van der Waals surface area contributed by atoms with Crippen LogP contribution >= 0.6 is 11.6 Å².